The number of fused-ring (bicyclic) bond motifs is 1. The highest BCUT2D eigenvalue weighted by molar-refractivity contribution is 5.84. The summed E-state index contributed by atoms with van der Waals surface area (Å²) in [5.41, 5.74) is 0.560. The van der Waals surface area contributed by atoms with Gasteiger partial charge in [0.1, 0.15) is 6.56 Å². The number of cyclic esters (lactones) is 1. The van der Waals surface area contributed by atoms with Gasteiger partial charge in [-0.2, -0.15) is 0 Å². The number of hydrogen-bond donors (Lipinski definition) is 2. The predicted molar refractivity (Wildman–Crippen MR) is 82.5 cm³/mol. The Balaban J connectivity index is 2.05. The van der Waals surface area contributed by atoms with Crippen molar-refractivity contribution in [3.63, 3.8) is 0 Å². The van der Waals surface area contributed by atoms with Crippen molar-refractivity contribution in [2.75, 3.05) is 27.1 Å². The first-order valence-corrected chi connectivity index (χ1v) is 6.45. The molecule has 0 bridgehead atoms. The molecule has 1 aromatic carbocycles. The highest BCUT2D eigenvalue weighted by atomic mass is 16.6. The molecule has 21 heavy (non-hydrogen) atoms. The zero-order valence-corrected chi connectivity index (χ0v) is 11.4. The lowest BCUT2D eigenvalue weighted by Crippen LogP contribution is -2.28. The Morgan fingerprint density at radius 3 is 3.38 bits per heavy atom. The third kappa shape index (κ3) is 3.19. The second-order valence-corrected chi connectivity index (χ2v) is 4.77. The van der Waals surface area contributed by atoms with Gasteiger partial charge >= 0.3 is 6.09 Å². The fourth-order valence-electron chi connectivity index (χ4n) is 2.11. The SMILES string of the molecule is [2H]c1c(CCN(C)C([2H])([2H])[2H])c2cc(C([2H])([2H])[C@@H]3N([2H])C(=O)OC3([2H])[2H])ccc2n1[2H]. The van der Waals surface area contributed by atoms with Crippen molar-refractivity contribution in [2.45, 2.75) is 18.8 Å². The summed E-state index contributed by atoms with van der Waals surface area (Å²) in [6.07, 6.45) is -3.91. The second kappa shape index (κ2) is 5.77. The largest absolute Gasteiger partial charge is 0.447 e. The number of aromatic amines is 1. The van der Waals surface area contributed by atoms with Crippen LogP contribution in [0.25, 0.3) is 10.9 Å². The molecule has 2 heterocycles. The molecular formula is C16H21N3O2. The van der Waals surface area contributed by atoms with Crippen LogP contribution in [-0.4, -0.2) is 49.1 Å². The Bertz CT molecular complexity index is 1020. The molecule has 0 unspecified atom stereocenters. The van der Waals surface area contributed by atoms with Gasteiger partial charge in [0, 0.05) is 30.5 Å². The van der Waals surface area contributed by atoms with E-state index in [1.807, 2.05) is 0 Å². The van der Waals surface area contributed by atoms with Gasteiger partial charge < -0.3 is 19.9 Å². The van der Waals surface area contributed by atoms with E-state index >= 15 is 0 Å². The minimum absolute atomic E-state index is 0.0621. The van der Waals surface area contributed by atoms with Crippen LogP contribution < -0.4 is 5.31 Å². The van der Waals surface area contributed by atoms with Crippen LogP contribution in [0.2, 0.25) is 2.82 Å². The van der Waals surface area contributed by atoms with Crippen LogP contribution in [0.15, 0.2) is 24.4 Å². The van der Waals surface area contributed by atoms with Crippen molar-refractivity contribution < 1.29 is 23.3 Å². The number of carbonyl (C=O) groups excluding carboxylic acids is 1. The number of ether oxygens (including phenoxy) is 1. The molecule has 0 spiro atoms. The molecule has 2 N–H and O–H groups in total. The molecule has 1 aliphatic heterocycles. The van der Waals surface area contributed by atoms with Crippen LogP contribution >= 0.6 is 0 Å². The maximum atomic E-state index is 11.6. The summed E-state index contributed by atoms with van der Waals surface area (Å²) in [5.74, 6) is 0. The van der Waals surface area contributed by atoms with Gasteiger partial charge in [-0.05, 0) is 50.1 Å². The lowest BCUT2D eigenvalue weighted by Gasteiger charge is -2.09. The number of alkyl carbamates (subject to hydrolysis) is 1. The number of nitrogens with zero attached hydrogens (tertiary/aromatic N) is 1. The van der Waals surface area contributed by atoms with E-state index in [0.29, 0.717) is 16.5 Å². The average molecular weight is 297 g/mol. The lowest BCUT2D eigenvalue weighted by molar-refractivity contribution is 0.177. The van der Waals surface area contributed by atoms with E-state index in [4.69, 9.17) is 13.8 Å². The van der Waals surface area contributed by atoms with Crippen molar-refractivity contribution in [1.29, 1.82) is 0 Å². The van der Waals surface area contributed by atoms with E-state index in [2.05, 4.69) is 4.74 Å². The van der Waals surface area contributed by atoms with Gasteiger partial charge in [0.05, 0.1) is 10.2 Å². The predicted octanol–water partition coefficient (Wildman–Crippen LogP) is 1.92. The molecule has 1 saturated heterocycles. The molecule has 1 fully saturated rings. The van der Waals surface area contributed by atoms with Crippen molar-refractivity contribution in [3.8, 4) is 0 Å². The van der Waals surface area contributed by atoms with Gasteiger partial charge in [-0.3, -0.25) is 0 Å². The first-order valence-electron chi connectivity index (χ1n) is 11.3. The molecule has 5 nitrogen and oxygen atoms in total. The van der Waals surface area contributed by atoms with Crippen LogP contribution in [0.3, 0.4) is 0 Å². The van der Waals surface area contributed by atoms with Gasteiger partial charge in [0.25, 0.3) is 0 Å². The van der Waals surface area contributed by atoms with E-state index in [9.17, 15) is 4.79 Å². The molecular weight excluding hydrogens is 266 g/mol. The summed E-state index contributed by atoms with van der Waals surface area (Å²) in [6, 6.07) is 2.16. The topological polar surface area (TPSA) is 57.4 Å². The Labute approximate surface area is 138 Å². The molecule has 112 valence electrons. The third-order valence-corrected chi connectivity index (χ3v) is 3.13. The number of likely N-dealkylation sites (N-methyl/N-ethyl adjacent to an activating group) is 1. The smallest absolute Gasteiger partial charge is 0.407 e. The van der Waals surface area contributed by atoms with E-state index in [1.54, 1.807) is 0 Å². The Morgan fingerprint density at radius 1 is 1.71 bits per heavy atom. The lowest BCUT2D eigenvalue weighted by atomic mass is 10.0. The van der Waals surface area contributed by atoms with Crippen LogP contribution in [-0.2, 0) is 17.5 Å². The number of amides is 1. The van der Waals surface area contributed by atoms with E-state index < -0.39 is 32.0 Å². The highest BCUT2D eigenvalue weighted by Gasteiger charge is 2.22. The standard InChI is InChI=1S/C16H21N3O2/c1-19(2)6-5-12-9-17-15-4-3-11(8-14(12)15)7-13-10-21-16(20)18-13/h3-4,8-9,13,17H,5-7,10H2,1-2H3,(H,18,20)/t13-/m0/s1/i1D3,7D2,9D,10D2/hD2. The Kier molecular flexibility index (Phi) is 1.76. The number of benzene rings is 1. The van der Waals surface area contributed by atoms with Crippen LogP contribution in [0.4, 0.5) is 4.79 Å². The summed E-state index contributed by atoms with van der Waals surface area (Å²) < 4.78 is 83.3. The van der Waals surface area contributed by atoms with Crippen molar-refractivity contribution in [2.24, 2.45) is 0 Å². The van der Waals surface area contributed by atoms with Crippen LogP contribution in [0.5, 0.6) is 0 Å². The molecule has 5 heteroatoms. The number of rotatable bonds is 5. The molecule has 1 aliphatic rings. The van der Waals surface area contributed by atoms with Gasteiger partial charge in [-0.15, -0.1) is 0 Å². The van der Waals surface area contributed by atoms with Crippen molar-refractivity contribution >= 4 is 17.0 Å². The van der Waals surface area contributed by atoms with E-state index in [-0.39, 0.29) is 30.0 Å². The fraction of sp³-hybridized carbons (Fsp3) is 0.438. The van der Waals surface area contributed by atoms with E-state index in [1.165, 1.54) is 25.2 Å². The molecule has 0 aliphatic carbocycles. The number of H-pyrrole nitrogens is 1. The van der Waals surface area contributed by atoms with Gasteiger partial charge in [-0.1, -0.05) is 6.07 Å². The van der Waals surface area contributed by atoms with Crippen molar-refractivity contribution in [1.82, 2.24) is 15.2 Å². The quantitative estimate of drug-likeness (QED) is 0.886. The summed E-state index contributed by atoms with van der Waals surface area (Å²) >= 11 is 0. The van der Waals surface area contributed by atoms with Crippen LogP contribution in [0, 0.1) is 0 Å². The number of nitrogens with one attached hydrogen (secondary N) is 2. The van der Waals surface area contributed by atoms with Gasteiger partial charge in [-0.25, -0.2) is 4.79 Å². The normalized spacial score (nSPS) is 29.3. The summed E-state index contributed by atoms with van der Waals surface area (Å²) in [4.78, 5) is 13.6. The molecule has 1 aromatic heterocycles. The summed E-state index contributed by atoms with van der Waals surface area (Å²) in [7, 11) is 1.41. The number of hydrogen-bond acceptors (Lipinski definition) is 3. The second-order valence-electron chi connectivity index (χ2n) is 4.77. The first-order chi connectivity index (χ1) is 14.1. The molecule has 1 amide bonds. The first kappa shape index (κ1) is 6.40. The summed E-state index contributed by atoms with van der Waals surface area (Å²) in [5, 5.41) is 0.463. The number of carbonyl (C=O) groups is 1. The van der Waals surface area contributed by atoms with E-state index in [0.717, 1.165) is 9.88 Å². The molecule has 1 atom stereocenters. The van der Waals surface area contributed by atoms with Gasteiger partial charge in [0.15, 0.2) is 2.82 Å². The Morgan fingerprint density at radius 2 is 2.62 bits per heavy atom. The molecule has 2 aromatic rings. The maximum absolute atomic E-state index is 11.6. The van der Waals surface area contributed by atoms with Gasteiger partial charge in [0.2, 0.25) is 0 Å². The minimum atomic E-state index is -2.75. The third-order valence-electron chi connectivity index (χ3n) is 3.13. The zero-order valence-electron chi connectivity index (χ0n) is 21.4. The summed E-state index contributed by atoms with van der Waals surface area (Å²) in [6.45, 7) is -5.01. The molecule has 3 rings (SSSR count). The monoisotopic (exact) mass is 297 g/mol. The van der Waals surface area contributed by atoms with Crippen molar-refractivity contribution in [3.05, 3.63) is 35.5 Å². The highest BCUT2D eigenvalue weighted by Crippen LogP contribution is 2.21. The Hall–Kier alpha value is -2.01. The molecule has 0 radical (unpaired) electrons. The fourth-order valence-corrected chi connectivity index (χ4v) is 2.11. The van der Waals surface area contributed by atoms with Crippen LogP contribution in [0.1, 0.15) is 22.1 Å². The zero-order chi connectivity index (χ0) is 23.5. The maximum Gasteiger partial charge on any atom is 0.407 e. The number of aromatic nitrogens is 1. The minimum Gasteiger partial charge on any atom is -0.447 e. The molecule has 0 saturated carbocycles. The average Bonchev–Trinajstić information content (AvgIpc) is 3.00.